The molecule has 0 aliphatic carbocycles. The summed E-state index contributed by atoms with van der Waals surface area (Å²) in [6.45, 7) is 5.35. The van der Waals surface area contributed by atoms with Crippen LogP contribution in [0.1, 0.15) is 43.7 Å². The lowest BCUT2D eigenvalue weighted by molar-refractivity contribution is -0.112. The number of nitrogens with zero attached hydrogens (tertiary/aromatic N) is 1. The summed E-state index contributed by atoms with van der Waals surface area (Å²) in [6.07, 6.45) is 6.14. The Bertz CT molecular complexity index is 1270. The minimum Gasteiger partial charge on any atom is -0.494 e. The number of unbranched alkanes of at least 4 members (excludes halogenated alkanes) is 3. The van der Waals surface area contributed by atoms with Gasteiger partial charge in [-0.25, -0.2) is 0 Å². The van der Waals surface area contributed by atoms with Crippen molar-refractivity contribution in [2.75, 3.05) is 25.1 Å². The Morgan fingerprint density at radius 3 is 2.29 bits per heavy atom. The molecule has 198 valence electrons. The molecule has 0 unspecified atom stereocenters. The van der Waals surface area contributed by atoms with Crippen LogP contribution in [0.25, 0.3) is 6.08 Å². The molecule has 38 heavy (non-hydrogen) atoms. The quantitative estimate of drug-likeness (QED) is 0.131. The Morgan fingerprint density at radius 2 is 1.61 bits per heavy atom. The molecule has 0 aliphatic heterocycles. The third-order valence-corrected chi connectivity index (χ3v) is 5.97. The van der Waals surface area contributed by atoms with Crippen LogP contribution < -0.4 is 19.5 Å². The molecule has 3 aromatic rings. The van der Waals surface area contributed by atoms with Crippen LogP contribution in [0, 0.1) is 18.3 Å². The zero-order valence-electron chi connectivity index (χ0n) is 21.8. The number of benzene rings is 3. The number of rotatable bonds is 14. The van der Waals surface area contributed by atoms with E-state index in [4.69, 9.17) is 25.8 Å². The highest BCUT2D eigenvalue weighted by atomic mass is 35.5. The van der Waals surface area contributed by atoms with Gasteiger partial charge in [-0.15, -0.1) is 0 Å². The molecule has 0 saturated heterocycles. The number of hydrogen-bond acceptors (Lipinski definition) is 5. The number of para-hydroxylation sites is 1. The number of carbonyl (C=O) groups excluding carboxylic acids is 1. The summed E-state index contributed by atoms with van der Waals surface area (Å²) in [5.41, 5.74) is 2.00. The van der Waals surface area contributed by atoms with Gasteiger partial charge < -0.3 is 19.5 Å². The molecular weight excluding hydrogens is 500 g/mol. The maximum atomic E-state index is 12.7. The zero-order valence-corrected chi connectivity index (χ0v) is 22.6. The molecule has 0 bridgehead atoms. The standard InChI is InChI=1S/C31H33ClN2O4/c1-3-4-5-8-17-36-27-12-14-28(15-13-27)37-18-19-38-30-16-11-26(32)21-24(30)20-25(22-33)31(35)34-29-10-7-6-9-23(29)2/h6-7,9-16,20-21H,3-5,8,17-19H2,1-2H3,(H,34,35)/b25-20+. The maximum Gasteiger partial charge on any atom is 0.266 e. The summed E-state index contributed by atoms with van der Waals surface area (Å²) in [7, 11) is 0. The van der Waals surface area contributed by atoms with Gasteiger partial charge in [-0.1, -0.05) is 56.0 Å². The Labute approximate surface area is 229 Å². The van der Waals surface area contributed by atoms with E-state index < -0.39 is 5.91 Å². The normalized spacial score (nSPS) is 10.9. The van der Waals surface area contributed by atoms with Crippen LogP contribution in [0.15, 0.2) is 72.3 Å². The van der Waals surface area contributed by atoms with E-state index in [1.54, 1.807) is 24.3 Å². The van der Waals surface area contributed by atoms with E-state index in [2.05, 4.69) is 12.2 Å². The van der Waals surface area contributed by atoms with Crippen molar-refractivity contribution in [2.45, 2.75) is 39.5 Å². The van der Waals surface area contributed by atoms with Crippen LogP contribution in [0.3, 0.4) is 0 Å². The van der Waals surface area contributed by atoms with Crippen LogP contribution in [0.4, 0.5) is 5.69 Å². The first-order chi connectivity index (χ1) is 18.5. The summed E-state index contributed by atoms with van der Waals surface area (Å²) >= 11 is 6.18. The maximum absolute atomic E-state index is 12.7. The molecule has 0 spiro atoms. The van der Waals surface area contributed by atoms with Crippen LogP contribution in [0.5, 0.6) is 17.2 Å². The third-order valence-electron chi connectivity index (χ3n) is 5.73. The predicted octanol–water partition coefficient (Wildman–Crippen LogP) is 7.61. The van der Waals surface area contributed by atoms with E-state index in [1.807, 2.05) is 55.5 Å². The molecule has 6 nitrogen and oxygen atoms in total. The average Bonchev–Trinajstić information content (AvgIpc) is 2.92. The molecule has 0 aromatic heterocycles. The van der Waals surface area contributed by atoms with E-state index in [9.17, 15) is 10.1 Å². The number of nitriles is 1. The van der Waals surface area contributed by atoms with Crippen LogP contribution >= 0.6 is 11.6 Å². The highest BCUT2D eigenvalue weighted by molar-refractivity contribution is 6.30. The molecule has 1 N–H and O–H groups in total. The van der Waals surface area contributed by atoms with E-state index in [0.717, 1.165) is 17.7 Å². The van der Waals surface area contributed by atoms with Crippen molar-refractivity contribution in [3.63, 3.8) is 0 Å². The van der Waals surface area contributed by atoms with E-state index in [0.29, 0.717) is 41.0 Å². The number of aryl methyl sites for hydroxylation is 1. The van der Waals surface area contributed by atoms with Crippen LogP contribution in [0.2, 0.25) is 5.02 Å². The first kappa shape index (κ1) is 28.6. The molecule has 0 heterocycles. The summed E-state index contributed by atoms with van der Waals surface area (Å²) in [6, 6.07) is 21.9. The fourth-order valence-corrected chi connectivity index (χ4v) is 3.81. The van der Waals surface area contributed by atoms with Crippen molar-refractivity contribution >= 4 is 29.3 Å². The Kier molecular flexibility index (Phi) is 11.5. The lowest BCUT2D eigenvalue weighted by atomic mass is 10.1. The van der Waals surface area contributed by atoms with Gasteiger partial charge >= 0.3 is 0 Å². The van der Waals surface area contributed by atoms with Gasteiger partial charge in [-0.3, -0.25) is 4.79 Å². The van der Waals surface area contributed by atoms with Gasteiger partial charge in [0.1, 0.15) is 42.1 Å². The second-order valence-electron chi connectivity index (χ2n) is 8.70. The minimum atomic E-state index is -0.510. The SMILES string of the molecule is CCCCCCOc1ccc(OCCOc2ccc(Cl)cc2/C=C(\C#N)C(=O)Nc2ccccc2C)cc1. The second kappa shape index (κ2) is 15.3. The van der Waals surface area contributed by atoms with Gasteiger partial charge in [0.25, 0.3) is 5.91 Å². The van der Waals surface area contributed by atoms with Crippen molar-refractivity contribution in [3.05, 3.63) is 88.5 Å². The van der Waals surface area contributed by atoms with Crippen molar-refractivity contribution < 1.29 is 19.0 Å². The summed E-state index contributed by atoms with van der Waals surface area (Å²) in [4.78, 5) is 12.7. The minimum absolute atomic E-state index is 0.0655. The molecule has 0 radical (unpaired) electrons. The lowest BCUT2D eigenvalue weighted by Gasteiger charge is -2.12. The van der Waals surface area contributed by atoms with Crippen molar-refractivity contribution in [3.8, 4) is 23.3 Å². The first-order valence-electron chi connectivity index (χ1n) is 12.8. The fourth-order valence-electron chi connectivity index (χ4n) is 3.63. The Hall–Kier alpha value is -3.95. The fraction of sp³-hybridized carbons (Fsp3) is 0.290. The van der Waals surface area contributed by atoms with E-state index >= 15 is 0 Å². The highest BCUT2D eigenvalue weighted by Crippen LogP contribution is 2.26. The molecular formula is C31H33ClN2O4. The van der Waals surface area contributed by atoms with Crippen LogP contribution in [-0.4, -0.2) is 25.7 Å². The topological polar surface area (TPSA) is 80.6 Å². The largest absolute Gasteiger partial charge is 0.494 e. The van der Waals surface area contributed by atoms with Gasteiger partial charge in [0.2, 0.25) is 0 Å². The monoisotopic (exact) mass is 532 g/mol. The van der Waals surface area contributed by atoms with Gasteiger partial charge in [-0.2, -0.15) is 5.26 Å². The number of anilines is 1. The van der Waals surface area contributed by atoms with Gasteiger partial charge in [0.05, 0.1) is 6.61 Å². The second-order valence-corrected chi connectivity index (χ2v) is 9.13. The molecule has 7 heteroatoms. The van der Waals surface area contributed by atoms with Crippen molar-refractivity contribution in [2.24, 2.45) is 0 Å². The third kappa shape index (κ3) is 9.17. The number of amides is 1. The van der Waals surface area contributed by atoms with Gasteiger partial charge in [0, 0.05) is 16.3 Å². The summed E-state index contributed by atoms with van der Waals surface area (Å²) in [5.74, 6) is 1.51. The number of nitrogens with one attached hydrogen (secondary N) is 1. The van der Waals surface area contributed by atoms with E-state index in [-0.39, 0.29) is 12.2 Å². The van der Waals surface area contributed by atoms with Crippen molar-refractivity contribution in [1.82, 2.24) is 0 Å². The lowest BCUT2D eigenvalue weighted by Crippen LogP contribution is -2.14. The predicted molar refractivity (Wildman–Crippen MR) is 152 cm³/mol. The van der Waals surface area contributed by atoms with Gasteiger partial charge in [-0.05, 0) is 73.5 Å². The first-order valence-corrected chi connectivity index (χ1v) is 13.1. The summed E-state index contributed by atoms with van der Waals surface area (Å²) < 4.78 is 17.4. The highest BCUT2D eigenvalue weighted by Gasteiger charge is 2.13. The number of ether oxygens (including phenoxy) is 3. The molecule has 1 amide bonds. The Morgan fingerprint density at radius 1 is 0.921 bits per heavy atom. The van der Waals surface area contributed by atoms with Gasteiger partial charge in [0.15, 0.2) is 0 Å². The molecule has 0 saturated carbocycles. The molecule has 0 fully saturated rings. The zero-order chi connectivity index (χ0) is 27.2. The average molecular weight is 533 g/mol. The Balaban J connectivity index is 1.55. The number of carbonyl (C=O) groups is 1. The number of halogens is 1. The smallest absolute Gasteiger partial charge is 0.266 e. The summed E-state index contributed by atoms with van der Waals surface area (Å²) in [5, 5.41) is 12.9. The molecule has 0 atom stereocenters. The van der Waals surface area contributed by atoms with Crippen molar-refractivity contribution in [1.29, 1.82) is 5.26 Å². The molecule has 3 rings (SSSR count). The van der Waals surface area contributed by atoms with E-state index in [1.165, 1.54) is 25.3 Å². The molecule has 0 aliphatic rings. The van der Waals surface area contributed by atoms with Crippen LogP contribution in [-0.2, 0) is 4.79 Å². The number of hydrogen-bond donors (Lipinski definition) is 1. The molecule has 3 aromatic carbocycles.